The highest BCUT2D eigenvalue weighted by molar-refractivity contribution is 6.01. The Morgan fingerprint density at radius 3 is 2.07 bits per heavy atom. The van der Waals surface area contributed by atoms with Gasteiger partial charge in [-0.3, -0.25) is 4.90 Å². The second-order valence-electron chi connectivity index (χ2n) is 18.0. The second kappa shape index (κ2) is 17.4. The zero-order valence-electron chi connectivity index (χ0n) is 37.9. The lowest BCUT2D eigenvalue weighted by Crippen LogP contribution is -2.46. The normalized spacial score (nSPS) is 18.7. The van der Waals surface area contributed by atoms with Crippen molar-refractivity contribution in [3.8, 4) is 0 Å². The summed E-state index contributed by atoms with van der Waals surface area (Å²) in [7, 11) is 0. The van der Waals surface area contributed by atoms with Crippen molar-refractivity contribution < 1.29 is 26.3 Å². The number of nitrogens with one attached hydrogen (secondary N) is 3. The third-order valence-corrected chi connectivity index (χ3v) is 14.0. The summed E-state index contributed by atoms with van der Waals surface area (Å²) in [6, 6.07) is 20.2. The highest BCUT2D eigenvalue weighted by Gasteiger charge is 2.38. The molecule has 4 atom stereocenters. The molecule has 5 N–H and O–H groups in total. The largest absolute Gasteiger partial charge is 0.416 e. The number of alkyl halides is 6. The van der Waals surface area contributed by atoms with Crippen molar-refractivity contribution in [1.82, 2.24) is 34.8 Å². The standard InChI is InChI=1S/C49H51F6N13/c1-27-8-5-13-42-66(27)20-21-68(42)33-15-14-31-24-58-62-46(38(31)23-33)61-44(36-10-7-12-41(29(36)3)49(53,54)55)60-45-37-17-16-32(65-18-19-67-30(4)57-25-34(67)26-65)22-39(37)47(64-63-45)59-43(56)35-9-6-11-40(28(35)2)48(50,51)52/h6-7,9-12,14-17,22-25,27,42-44H,5,8,13,18-21,26,56H2,1-4H3,(H,59,64)(H,60,63)(H,61,62)/t27?,42?,43-,44-/m0/s1. The van der Waals surface area contributed by atoms with Crippen LogP contribution >= 0.6 is 0 Å². The minimum Gasteiger partial charge on any atom is -0.364 e. The van der Waals surface area contributed by atoms with Gasteiger partial charge in [-0.2, -0.15) is 31.4 Å². The second-order valence-corrected chi connectivity index (χ2v) is 18.0. The van der Waals surface area contributed by atoms with E-state index in [1.54, 1.807) is 12.3 Å². The SMILES string of the molecule is Cc1c([C@H](Nc2nncc3ccc(N4CCN5C(C)CCCC45)cc23)Nc2nnc(N[C@H](N)c3cccc(C(F)(F)F)c3C)c3cc(N4CCn5c(cnc5C)C4)ccc23)cccc1C(F)(F)F. The zero-order chi connectivity index (χ0) is 47.6. The van der Waals surface area contributed by atoms with Crippen LogP contribution in [0.2, 0.25) is 0 Å². The van der Waals surface area contributed by atoms with E-state index in [2.05, 4.69) is 79.7 Å². The Labute approximate surface area is 388 Å². The van der Waals surface area contributed by atoms with Gasteiger partial charge in [-0.05, 0) is 112 Å². The topological polar surface area (TPSA) is 141 Å². The summed E-state index contributed by atoms with van der Waals surface area (Å²) in [5.41, 5.74) is 8.36. The van der Waals surface area contributed by atoms with Crippen LogP contribution in [0.4, 0.5) is 55.2 Å². The number of anilines is 5. The number of fused-ring (bicyclic) bond motifs is 4. The van der Waals surface area contributed by atoms with Crippen LogP contribution in [-0.2, 0) is 25.4 Å². The lowest BCUT2D eigenvalue weighted by atomic mass is 9.99. The van der Waals surface area contributed by atoms with E-state index in [0.717, 1.165) is 78.2 Å². The molecule has 0 spiro atoms. The Morgan fingerprint density at radius 1 is 0.676 bits per heavy atom. The van der Waals surface area contributed by atoms with Gasteiger partial charge in [0.15, 0.2) is 17.5 Å². The zero-order valence-corrected chi connectivity index (χ0v) is 37.9. The molecule has 3 aliphatic rings. The minimum absolute atomic E-state index is 0.0118. The quantitative estimate of drug-likeness (QED) is 0.0767. The van der Waals surface area contributed by atoms with Crippen molar-refractivity contribution in [3.63, 3.8) is 0 Å². The molecule has 0 radical (unpaired) electrons. The maximum absolute atomic E-state index is 14.6. The van der Waals surface area contributed by atoms with Crippen LogP contribution in [0.15, 0.2) is 85.2 Å². The number of hydrogen-bond acceptors (Lipinski definition) is 12. The average Bonchev–Trinajstić information content (AvgIpc) is 3.92. The minimum atomic E-state index is -4.64. The number of halogens is 6. The highest BCUT2D eigenvalue weighted by Crippen LogP contribution is 2.41. The van der Waals surface area contributed by atoms with E-state index in [0.29, 0.717) is 42.3 Å². The third-order valence-electron chi connectivity index (χ3n) is 14.0. The van der Waals surface area contributed by atoms with E-state index in [9.17, 15) is 26.3 Å². The lowest BCUT2D eigenvalue weighted by Gasteiger charge is -2.39. The number of nitrogens with zero attached hydrogens (tertiary/aromatic N) is 9. The molecule has 2 fully saturated rings. The molecule has 13 nitrogen and oxygen atoms in total. The number of piperidine rings is 1. The molecular weight excluding hydrogens is 885 g/mol. The number of imidazole rings is 1. The summed E-state index contributed by atoms with van der Waals surface area (Å²) in [6.07, 6.45) is -4.32. The van der Waals surface area contributed by atoms with Gasteiger partial charge in [-0.25, -0.2) is 4.98 Å². The summed E-state index contributed by atoms with van der Waals surface area (Å²) in [5.74, 6) is 1.65. The molecule has 7 aromatic rings. The fraction of sp³-hybridized carbons (Fsp3) is 0.367. The van der Waals surface area contributed by atoms with E-state index in [1.165, 1.54) is 32.0 Å². The predicted molar refractivity (Wildman–Crippen MR) is 251 cm³/mol. The number of hydrogen-bond donors (Lipinski definition) is 4. The lowest BCUT2D eigenvalue weighted by molar-refractivity contribution is -0.138. The van der Waals surface area contributed by atoms with Gasteiger partial charge < -0.3 is 36.1 Å². The molecule has 0 saturated carbocycles. The average molecular weight is 936 g/mol. The van der Waals surface area contributed by atoms with E-state index in [4.69, 9.17) is 5.73 Å². The number of nitrogens with two attached hydrogens (primary N) is 1. The highest BCUT2D eigenvalue weighted by atomic mass is 19.4. The number of aryl methyl sites for hydroxylation is 1. The fourth-order valence-electron chi connectivity index (χ4n) is 10.4. The van der Waals surface area contributed by atoms with Crippen LogP contribution in [0.25, 0.3) is 21.5 Å². The third kappa shape index (κ3) is 8.35. The van der Waals surface area contributed by atoms with Gasteiger partial charge in [0.1, 0.15) is 18.2 Å². The van der Waals surface area contributed by atoms with Gasteiger partial charge in [0.25, 0.3) is 0 Å². The van der Waals surface area contributed by atoms with Crippen LogP contribution in [0.3, 0.4) is 0 Å². The summed E-state index contributed by atoms with van der Waals surface area (Å²) in [4.78, 5) is 11.6. The van der Waals surface area contributed by atoms with E-state index in [1.807, 2.05) is 37.4 Å². The first-order valence-electron chi connectivity index (χ1n) is 22.8. The number of benzene rings is 4. The Hall–Kier alpha value is -6.73. The van der Waals surface area contributed by atoms with Crippen LogP contribution in [-0.4, -0.2) is 66.7 Å². The molecule has 6 heterocycles. The molecule has 0 amide bonds. The first-order chi connectivity index (χ1) is 32.5. The van der Waals surface area contributed by atoms with E-state index < -0.39 is 35.8 Å². The van der Waals surface area contributed by atoms with Crippen LogP contribution in [0.5, 0.6) is 0 Å². The Morgan fingerprint density at radius 2 is 1.34 bits per heavy atom. The van der Waals surface area contributed by atoms with E-state index in [-0.39, 0.29) is 40.1 Å². The first-order valence-corrected chi connectivity index (χ1v) is 22.8. The Bertz CT molecular complexity index is 3030. The smallest absolute Gasteiger partial charge is 0.364 e. The molecule has 354 valence electrons. The summed E-state index contributed by atoms with van der Waals surface area (Å²) in [5, 5.41) is 30.5. The number of aromatic nitrogens is 6. The monoisotopic (exact) mass is 935 g/mol. The van der Waals surface area contributed by atoms with Crippen molar-refractivity contribution in [2.45, 2.75) is 96.9 Å². The molecule has 3 aliphatic heterocycles. The fourth-order valence-corrected chi connectivity index (χ4v) is 10.4. The maximum Gasteiger partial charge on any atom is 0.416 e. The summed E-state index contributed by atoms with van der Waals surface area (Å²) < 4.78 is 87.9. The van der Waals surface area contributed by atoms with Crippen molar-refractivity contribution in [1.29, 1.82) is 0 Å². The molecule has 19 heteroatoms. The molecule has 68 heavy (non-hydrogen) atoms. The van der Waals surface area contributed by atoms with Crippen molar-refractivity contribution in [2.75, 3.05) is 45.4 Å². The molecule has 2 saturated heterocycles. The van der Waals surface area contributed by atoms with E-state index >= 15 is 0 Å². The molecule has 4 aromatic carbocycles. The van der Waals surface area contributed by atoms with Crippen molar-refractivity contribution in [3.05, 3.63) is 130 Å². The summed E-state index contributed by atoms with van der Waals surface area (Å²) >= 11 is 0. The first kappa shape index (κ1) is 45.1. The Kier molecular flexibility index (Phi) is 11.5. The summed E-state index contributed by atoms with van der Waals surface area (Å²) in [6.45, 7) is 10.8. The van der Waals surface area contributed by atoms with Gasteiger partial charge in [-0.15, -0.1) is 15.3 Å². The Balaban J connectivity index is 1.06. The molecule has 0 bridgehead atoms. The van der Waals surface area contributed by atoms with Crippen LogP contribution in [0, 0.1) is 20.8 Å². The van der Waals surface area contributed by atoms with Gasteiger partial charge >= 0.3 is 12.4 Å². The van der Waals surface area contributed by atoms with Gasteiger partial charge in [0.05, 0.1) is 41.9 Å². The molecular formula is C49H51F6N13. The van der Waals surface area contributed by atoms with Gasteiger partial charge in [-0.1, -0.05) is 30.3 Å². The molecule has 0 aliphatic carbocycles. The maximum atomic E-state index is 14.6. The molecule has 3 aromatic heterocycles. The predicted octanol–water partition coefficient (Wildman–Crippen LogP) is 10.1. The van der Waals surface area contributed by atoms with Crippen LogP contribution < -0.4 is 31.5 Å². The van der Waals surface area contributed by atoms with Crippen molar-refractivity contribution in [2.24, 2.45) is 5.73 Å². The molecule has 2 unspecified atom stereocenters. The number of rotatable bonds is 10. The van der Waals surface area contributed by atoms with Gasteiger partial charge in [0, 0.05) is 65.1 Å². The molecule has 10 rings (SSSR count). The van der Waals surface area contributed by atoms with Gasteiger partial charge in [0.2, 0.25) is 0 Å². The van der Waals surface area contributed by atoms with Crippen LogP contribution in [0.1, 0.15) is 83.4 Å². The van der Waals surface area contributed by atoms with Crippen molar-refractivity contribution >= 4 is 50.4 Å².